The number of nitrogens with zero attached hydrogens (tertiary/aromatic N) is 3. The third-order valence-corrected chi connectivity index (χ3v) is 4.05. The van der Waals surface area contributed by atoms with Crippen LogP contribution >= 0.6 is 11.6 Å². The molecule has 106 valence electrons. The molecule has 4 nitrogen and oxygen atoms in total. The van der Waals surface area contributed by atoms with Crippen molar-refractivity contribution in [1.82, 2.24) is 9.97 Å². The molecule has 1 fully saturated rings. The van der Waals surface area contributed by atoms with E-state index >= 15 is 0 Å². The second-order valence-electron chi connectivity index (χ2n) is 5.50. The molecule has 1 aliphatic rings. The highest BCUT2D eigenvalue weighted by Crippen LogP contribution is 2.30. The van der Waals surface area contributed by atoms with Crippen molar-refractivity contribution in [2.45, 2.75) is 45.6 Å². The minimum absolute atomic E-state index is 0.107. The molecule has 1 aliphatic carbocycles. The molecule has 0 aliphatic heterocycles. The molecule has 0 spiro atoms. The van der Waals surface area contributed by atoms with Crippen molar-refractivity contribution in [2.24, 2.45) is 5.92 Å². The molecule has 1 saturated carbocycles. The Morgan fingerprint density at radius 3 is 2.63 bits per heavy atom. The summed E-state index contributed by atoms with van der Waals surface area (Å²) in [5.74, 6) is 2.29. The van der Waals surface area contributed by atoms with Crippen molar-refractivity contribution in [3.8, 4) is 0 Å². The number of rotatable bonds is 5. The van der Waals surface area contributed by atoms with Crippen LogP contribution in [0.1, 0.15) is 37.6 Å². The molecule has 19 heavy (non-hydrogen) atoms. The molecule has 0 radical (unpaired) electrons. The van der Waals surface area contributed by atoms with Crippen LogP contribution in [0, 0.1) is 12.8 Å². The topological polar surface area (TPSA) is 49.2 Å². The fourth-order valence-corrected chi connectivity index (χ4v) is 2.73. The Balaban J connectivity index is 2.12. The summed E-state index contributed by atoms with van der Waals surface area (Å²) in [6.07, 6.45) is 3.54. The Morgan fingerprint density at radius 2 is 2.05 bits per heavy atom. The Morgan fingerprint density at radius 1 is 1.37 bits per heavy atom. The molecule has 0 saturated heterocycles. The molecule has 2 rings (SSSR count). The Hall–Kier alpha value is -0.870. The standard InChI is InChI=1S/C14H22ClN3O/c1-4-5-12-16-13(15)9(2)14(17-12)18(3)8-10-6-11(19)7-10/h10-11,19H,4-8H2,1-3H3. The fraction of sp³-hybridized carbons (Fsp3) is 0.714. The van der Waals surface area contributed by atoms with Crippen LogP contribution in [0.25, 0.3) is 0 Å². The molecule has 1 heterocycles. The van der Waals surface area contributed by atoms with Crippen molar-refractivity contribution in [3.05, 3.63) is 16.5 Å². The zero-order valence-corrected chi connectivity index (χ0v) is 12.6. The van der Waals surface area contributed by atoms with Crippen molar-refractivity contribution >= 4 is 17.4 Å². The Labute approximate surface area is 119 Å². The van der Waals surface area contributed by atoms with Gasteiger partial charge in [0.2, 0.25) is 0 Å². The summed E-state index contributed by atoms with van der Waals surface area (Å²) in [6.45, 7) is 4.98. The van der Waals surface area contributed by atoms with E-state index in [2.05, 4.69) is 21.8 Å². The van der Waals surface area contributed by atoms with E-state index in [1.807, 2.05) is 14.0 Å². The summed E-state index contributed by atoms with van der Waals surface area (Å²) in [7, 11) is 2.03. The number of aliphatic hydroxyl groups excluding tert-OH is 1. The Bertz CT molecular complexity index is 447. The predicted octanol–water partition coefficient (Wildman–Crippen LogP) is 2.60. The predicted molar refractivity (Wildman–Crippen MR) is 77.8 cm³/mol. The average molecular weight is 284 g/mol. The van der Waals surface area contributed by atoms with Gasteiger partial charge in [0.25, 0.3) is 0 Å². The van der Waals surface area contributed by atoms with Crippen molar-refractivity contribution in [1.29, 1.82) is 0 Å². The lowest BCUT2D eigenvalue weighted by Gasteiger charge is -2.35. The van der Waals surface area contributed by atoms with Gasteiger partial charge in [-0.25, -0.2) is 9.97 Å². The van der Waals surface area contributed by atoms with Gasteiger partial charge in [-0.15, -0.1) is 0 Å². The summed E-state index contributed by atoms with van der Waals surface area (Å²) in [5, 5.41) is 9.90. The van der Waals surface area contributed by atoms with Gasteiger partial charge in [-0.05, 0) is 32.1 Å². The second kappa shape index (κ2) is 6.06. The molecule has 0 unspecified atom stereocenters. The first-order valence-electron chi connectivity index (χ1n) is 6.93. The average Bonchev–Trinajstić information content (AvgIpc) is 2.31. The van der Waals surface area contributed by atoms with Crippen LogP contribution in [0.5, 0.6) is 0 Å². The number of aromatic nitrogens is 2. The van der Waals surface area contributed by atoms with Crippen LogP contribution in [0.4, 0.5) is 5.82 Å². The van der Waals surface area contributed by atoms with Gasteiger partial charge in [0.05, 0.1) is 6.10 Å². The van der Waals surface area contributed by atoms with Crippen LogP contribution in [0.2, 0.25) is 5.15 Å². The zero-order valence-electron chi connectivity index (χ0n) is 11.9. The summed E-state index contributed by atoms with van der Waals surface area (Å²) in [4.78, 5) is 11.1. The molecule has 0 bridgehead atoms. The molecular weight excluding hydrogens is 262 g/mol. The number of halogens is 1. The molecule has 0 atom stereocenters. The fourth-order valence-electron chi connectivity index (χ4n) is 2.55. The number of hydrogen-bond donors (Lipinski definition) is 1. The van der Waals surface area contributed by atoms with Crippen LogP contribution < -0.4 is 4.90 Å². The highest BCUT2D eigenvalue weighted by atomic mass is 35.5. The minimum Gasteiger partial charge on any atom is -0.393 e. The van der Waals surface area contributed by atoms with E-state index in [9.17, 15) is 5.11 Å². The molecular formula is C14H22ClN3O. The van der Waals surface area contributed by atoms with E-state index in [4.69, 9.17) is 11.6 Å². The third-order valence-electron chi connectivity index (χ3n) is 3.69. The summed E-state index contributed by atoms with van der Waals surface area (Å²) in [6, 6.07) is 0. The second-order valence-corrected chi connectivity index (χ2v) is 5.86. The first kappa shape index (κ1) is 14.5. The monoisotopic (exact) mass is 283 g/mol. The summed E-state index contributed by atoms with van der Waals surface area (Å²) < 4.78 is 0. The highest BCUT2D eigenvalue weighted by molar-refractivity contribution is 6.30. The number of aliphatic hydroxyl groups is 1. The van der Waals surface area contributed by atoms with Crippen LogP contribution in [-0.2, 0) is 6.42 Å². The first-order valence-corrected chi connectivity index (χ1v) is 7.31. The minimum atomic E-state index is -0.107. The summed E-state index contributed by atoms with van der Waals surface area (Å²) in [5.41, 5.74) is 0.934. The lowest BCUT2D eigenvalue weighted by Crippen LogP contribution is -2.37. The lowest BCUT2D eigenvalue weighted by molar-refractivity contribution is 0.0464. The third kappa shape index (κ3) is 3.37. The van der Waals surface area contributed by atoms with Crippen molar-refractivity contribution in [3.63, 3.8) is 0 Å². The maximum absolute atomic E-state index is 9.35. The van der Waals surface area contributed by atoms with E-state index < -0.39 is 0 Å². The van der Waals surface area contributed by atoms with Gasteiger partial charge in [-0.3, -0.25) is 0 Å². The summed E-state index contributed by atoms with van der Waals surface area (Å²) >= 11 is 6.19. The quantitative estimate of drug-likeness (QED) is 0.844. The molecule has 1 aromatic rings. The van der Waals surface area contributed by atoms with Gasteiger partial charge in [0.1, 0.15) is 16.8 Å². The van der Waals surface area contributed by atoms with E-state index in [1.54, 1.807) is 0 Å². The van der Waals surface area contributed by atoms with Crippen LogP contribution in [0.15, 0.2) is 0 Å². The molecule has 0 amide bonds. The smallest absolute Gasteiger partial charge is 0.137 e. The molecule has 1 N–H and O–H groups in total. The zero-order chi connectivity index (χ0) is 14.0. The normalized spacial score (nSPS) is 22.2. The number of aryl methyl sites for hydroxylation is 1. The maximum atomic E-state index is 9.35. The van der Waals surface area contributed by atoms with E-state index in [0.29, 0.717) is 11.1 Å². The van der Waals surface area contributed by atoms with Gasteiger partial charge >= 0.3 is 0 Å². The SMILES string of the molecule is CCCc1nc(Cl)c(C)c(N(C)CC2CC(O)C2)n1. The van der Waals surface area contributed by atoms with E-state index in [-0.39, 0.29) is 6.10 Å². The van der Waals surface area contributed by atoms with Gasteiger partial charge < -0.3 is 10.0 Å². The van der Waals surface area contributed by atoms with E-state index in [0.717, 1.165) is 49.4 Å². The largest absolute Gasteiger partial charge is 0.393 e. The van der Waals surface area contributed by atoms with E-state index in [1.165, 1.54) is 0 Å². The van der Waals surface area contributed by atoms with Gasteiger partial charge in [0.15, 0.2) is 0 Å². The van der Waals surface area contributed by atoms with Crippen LogP contribution in [-0.4, -0.2) is 34.8 Å². The van der Waals surface area contributed by atoms with Gasteiger partial charge in [-0.1, -0.05) is 18.5 Å². The maximum Gasteiger partial charge on any atom is 0.137 e. The van der Waals surface area contributed by atoms with Gasteiger partial charge in [-0.2, -0.15) is 0 Å². The first-order chi connectivity index (χ1) is 9.01. The lowest BCUT2D eigenvalue weighted by atomic mass is 9.82. The van der Waals surface area contributed by atoms with Crippen molar-refractivity contribution < 1.29 is 5.11 Å². The Kier molecular flexibility index (Phi) is 4.63. The van der Waals surface area contributed by atoms with Gasteiger partial charge in [0, 0.05) is 25.6 Å². The molecule has 1 aromatic heterocycles. The highest BCUT2D eigenvalue weighted by Gasteiger charge is 2.28. The molecule has 0 aromatic carbocycles. The number of hydrogen-bond acceptors (Lipinski definition) is 4. The number of anilines is 1. The van der Waals surface area contributed by atoms with Crippen molar-refractivity contribution in [2.75, 3.05) is 18.5 Å². The van der Waals surface area contributed by atoms with Crippen LogP contribution in [0.3, 0.4) is 0 Å². The molecule has 5 heteroatoms.